The van der Waals surface area contributed by atoms with Crippen molar-refractivity contribution in [2.45, 2.75) is 25.3 Å². The van der Waals surface area contributed by atoms with Gasteiger partial charge in [-0.1, -0.05) is 6.07 Å². The van der Waals surface area contributed by atoms with Crippen LogP contribution in [0.15, 0.2) is 18.2 Å². The summed E-state index contributed by atoms with van der Waals surface area (Å²) in [5.74, 6) is 0.205. The standard InChI is InChI=1S/C13H16N3O/c14-10-3-1-9-2-4-13(17)16(12(9)7-10)11-5-6-15-8-11/h1,3,7,11,14-15H,2,4-6,8H2. The summed E-state index contributed by atoms with van der Waals surface area (Å²) >= 11 is 0. The molecule has 1 unspecified atom stereocenters. The van der Waals surface area contributed by atoms with E-state index >= 15 is 0 Å². The van der Waals surface area contributed by atoms with Gasteiger partial charge in [-0.2, -0.15) is 0 Å². The summed E-state index contributed by atoms with van der Waals surface area (Å²) in [6.45, 7) is 1.84. The molecule has 2 aliphatic heterocycles. The lowest BCUT2D eigenvalue weighted by Crippen LogP contribution is -2.44. The van der Waals surface area contributed by atoms with Crippen LogP contribution in [-0.2, 0) is 11.2 Å². The molecule has 0 aromatic heterocycles. The molecule has 2 N–H and O–H groups in total. The number of benzene rings is 1. The van der Waals surface area contributed by atoms with Crippen molar-refractivity contribution in [2.75, 3.05) is 18.0 Å². The summed E-state index contributed by atoms with van der Waals surface area (Å²) in [4.78, 5) is 14.0. The quantitative estimate of drug-likeness (QED) is 0.789. The highest BCUT2D eigenvalue weighted by atomic mass is 16.2. The lowest BCUT2D eigenvalue weighted by molar-refractivity contribution is -0.119. The molecule has 0 bridgehead atoms. The van der Waals surface area contributed by atoms with E-state index in [1.807, 2.05) is 17.0 Å². The van der Waals surface area contributed by atoms with Crippen LogP contribution in [0.25, 0.3) is 0 Å². The van der Waals surface area contributed by atoms with Crippen LogP contribution in [0.3, 0.4) is 0 Å². The van der Waals surface area contributed by atoms with E-state index in [-0.39, 0.29) is 11.9 Å². The summed E-state index contributed by atoms with van der Waals surface area (Å²) in [7, 11) is 0. The van der Waals surface area contributed by atoms with Crippen molar-refractivity contribution in [1.29, 1.82) is 0 Å². The van der Waals surface area contributed by atoms with Crippen LogP contribution < -0.4 is 16.0 Å². The van der Waals surface area contributed by atoms with E-state index in [4.69, 9.17) is 5.73 Å². The monoisotopic (exact) mass is 230 g/mol. The van der Waals surface area contributed by atoms with Crippen molar-refractivity contribution in [3.63, 3.8) is 0 Å². The molecule has 1 aromatic rings. The SMILES string of the molecule is [NH]c1ccc2c(c1)N(C1CCNC1)C(=O)CC2. The molecular formula is C13H16N3O. The van der Waals surface area contributed by atoms with E-state index in [9.17, 15) is 4.79 Å². The van der Waals surface area contributed by atoms with Gasteiger partial charge in [0, 0.05) is 18.7 Å². The molecule has 89 valence electrons. The minimum Gasteiger partial charge on any atom is -0.315 e. The molecule has 0 aliphatic carbocycles. The van der Waals surface area contributed by atoms with Crippen molar-refractivity contribution in [1.82, 2.24) is 11.1 Å². The first-order valence-corrected chi connectivity index (χ1v) is 6.13. The Balaban J connectivity index is 2.02. The van der Waals surface area contributed by atoms with Gasteiger partial charge in [-0.05, 0) is 37.1 Å². The molecule has 3 rings (SSSR count). The largest absolute Gasteiger partial charge is 0.315 e. The fourth-order valence-electron chi connectivity index (χ4n) is 2.76. The van der Waals surface area contributed by atoms with Crippen LogP contribution >= 0.6 is 0 Å². The number of hydrogen-bond acceptors (Lipinski definition) is 2. The molecule has 2 heterocycles. The molecule has 4 heteroatoms. The third-order valence-electron chi connectivity index (χ3n) is 3.62. The topological polar surface area (TPSA) is 56.1 Å². The van der Waals surface area contributed by atoms with E-state index in [0.717, 1.165) is 31.6 Å². The minimum atomic E-state index is 0.205. The molecule has 17 heavy (non-hydrogen) atoms. The van der Waals surface area contributed by atoms with Gasteiger partial charge in [-0.3, -0.25) is 4.79 Å². The van der Waals surface area contributed by atoms with Gasteiger partial charge in [0.1, 0.15) is 0 Å². The number of amides is 1. The number of carbonyl (C=O) groups excluding carboxylic acids is 1. The summed E-state index contributed by atoms with van der Waals surface area (Å²) in [6.07, 6.45) is 2.42. The molecule has 1 atom stereocenters. The van der Waals surface area contributed by atoms with Crippen LogP contribution in [0.4, 0.5) is 11.4 Å². The third-order valence-corrected chi connectivity index (χ3v) is 3.62. The minimum absolute atomic E-state index is 0.205. The van der Waals surface area contributed by atoms with E-state index < -0.39 is 0 Å². The molecular weight excluding hydrogens is 214 g/mol. The highest BCUT2D eigenvalue weighted by Crippen LogP contribution is 2.32. The van der Waals surface area contributed by atoms with Gasteiger partial charge in [-0.25, -0.2) is 0 Å². The highest BCUT2D eigenvalue weighted by Gasteiger charge is 2.32. The first-order chi connectivity index (χ1) is 8.25. The molecule has 1 radical (unpaired) electrons. The molecule has 2 aliphatic rings. The van der Waals surface area contributed by atoms with Crippen molar-refractivity contribution in [2.24, 2.45) is 0 Å². The summed E-state index contributed by atoms with van der Waals surface area (Å²) in [6, 6.07) is 5.88. The number of nitrogens with zero attached hydrogens (tertiary/aromatic N) is 1. The molecule has 0 spiro atoms. The van der Waals surface area contributed by atoms with Gasteiger partial charge in [0.15, 0.2) is 0 Å². The van der Waals surface area contributed by atoms with Crippen molar-refractivity contribution >= 4 is 17.3 Å². The number of carbonyl (C=O) groups is 1. The smallest absolute Gasteiger partial charge is 0.227 e. The number of nitrogens with one attached hydrogen (secondary N) is 2. The lowest BCUT2D eigenvalue weighted by Gasteiger charge is -2.34. The van der Waals surface area contributed by atoms with Crippen LogP contribution in [-0.4, -0.2) is 25.0 Å². The first-order valence-electron chi connectivity index (χ1n) is 6.13. The molecule has 1 fully saturated rings. The predicted molar refractivity (Wildman–Crippen MR) is 66.3 cm³/mol. The summed E-state index contributed by atoms with van der Waals surface area (Å²) in [5, 5.41) is 3.29. The van der Waals surface area contributed by atoms with Gasteiger partial charge < -0.3 is 16.0 Å². The zero-order valence-corrected chi connectivity index (χ0v) is 9.70. The molecule has 0 saturated carbocycles. The summed E-state index contributed by atoms with van der Waals surface area (Å²) < 4.78 is 0. The Morgan fingerprint density at radius 3 is 3.00 bits per heavy atom. The fourth-order valence-corrected chi connectivity index (χ4v) is 2.76. The Bertz CT molecular complexity index is 452. The van der Waals surface area contributed by atoms with Gasteiger partial charge >= 0.3 is 0 Å². The third kappa shape index (κ3) is 1.78. The zero-order valence-electron chi connectivity index (χ0n) is 9.70. The molecule has 4 nitrogen and oxygen atoms in total. The maximum absolute atomic E-state index is 12.1. The predicted octanol–water partition coefficient (Wildman–Crippen LogP) is 1.24. The number of hydrogen-bond donors (Lipinski definition) is 1. The molecule has 1 amide bonds. The number of anilines is 1. The molecule has 1 saturated heterocycles. The lowest BCUT2D eigenvalue weighted by atomic mass is 9.98. The van der Waals surface area contributed by atoms with Crippen LogP contribution in [0.2, 0.25) is 0 Å². The summed E-state index contributed by atoms with van der Waals surface area (Å²) in [5.41, 5.74) is 10.4. The maximum atomic E-state index is 12.1. The molecule has 1 aromatic carbocycles. The Kier molecular flexibility index (Phi) is 2.52. The van der Waals surface area contributed by atoms with Gasteiger partial charge in [0.25, 0.3) is 0 Å². The van der Waals surface area contributed by atoms with Crippen LogP contribution in [0.1, 0.15) is 18.4 Å². The van der Waals surface area contributed by atoms with Gasteiger partial charge in [0.05, 0.1) is 11.7 Å². The normalized spacial score (nSPS) is 23.9. The van der Waals surface area contributed by atoms with Crippen molar-refractivity contribution in [3.05, 3.63) is 23.8 Å². The Morgan fingerprint density at radius 2 is 2.24 bits per heavy atom. The van der Waals surface area contributed by atoms with E-state index in [1.54, 1.807) is 6.07 Å². The Hall–Kier alpha value is -1.55. The van der Waals surface area contributed by atoms with Crippen molar-refractivity contribution < 1.29 is 4.79 Å². The van der Waals surface area contributed by atoms with Crippen LogP contribution in [0, 0.1) is 0 Å². The van der Waals surface area contributed by atoms with Crippen molar-refractivity contribution in [3.8, 4) is 0 Å². The van der Waals surface area contributed by atoms with E-state index in [0.29, 0.717) is 12.1 Å². The number of fused-ring (bicyclic) bond motifs is 1. The fraction of sp³-hybridized carbons (Fsp3) is 0.462. The second-order valence-corrected chi connectivity index (χ2v) is 4.75. The van der Waals surface area contributed by atoms with E-state index in [2.05, 4.69) is 5.32 Å². The first kappa shape index (κ1) is 10.6. The number of aryl methyl sites for hydroxylation is 1. The van der Waals surface area contributed by atoms with Gasteiger partial charge in [0.2, 0.25) is 5.91 Å². The highest BCUT2D eigenvalue weighted by molar-refractivity contribution is 5.97. The van der Waals surface area contributed by atoms with Crippen LogP contribution in [0.5, 0.6) is 0 Å². The second kappa shape index (κ2) is 4.04. The Morgan fingerprint density at radius 1 is 1.35 bits per heavy atom. The zero-order chi connectivity index (χ0) is 11.8. The average Bonchev–Trinajstić information content (AvgIpc) is 2.82. The average molecular weight is 230 g/mol. The second-order valence-electron chi connectivity index (χ2n) is 4.75. The van der Waals surface area contributed by atoms with E-state index in [1.165, 1.54) is 5.56 Å². The Labute approximate surface area is 101 Å². The maximum Gasteiger partial charge on any atom is 0.227 e. The van der Waals surface area contributed by atoms with Gasteiger partial charge in [-0.15, -0.1) is 0 Å². The number of rotatable bonds is 1.